The van der Waals surface area contributed by atoms with E-state index in [2.05, 4.69) is 136 Å². The zero-order valence-electron chi connectivity index (χ0n) is 14.9. The number of hydrogen-bond donors (Lipinski definition) is 0. The van der Waals surface area contributed by atoms with Crippen LogP contribution in [0.15, 0.2) is 95.5 Å². The fourth-order valence-corrected chi connectivity index (χ4v) is 4.21. The second kappa shape index (κ2) is 7.99. The summed E-state index contributed by atoms with van der Waals surface area (Å²) in [6.07, 6.45) is 0. The molecule has 132 valence electrons. The Bertz CT molecular complexity index is 1080. The predicted molar refractivity (Wildman–Crippen MR) is 128 cm³/mol. The number of benzene rings is 4. The van der Waals surface area contributed by atoms with Crippen molar-refractivity contribution < 1.29 is 0 Å². The minimum atomic E-state index is 1.10. The molecule has 0 amide bonds. The van der Waals surface area contributed by atoms with Crippen LogP contribution in [0.3, 0.4) is 0 Å². The van der Waals surface area contributed by atoms with E-state index in [1.54, 1.807) is 0 Å². The van der Waals surface area contributed by atoms with E-state index in [-0.39, 0.29) is 0 Å². The zero-order valence-corrected chi connectivity index (χ0v) is 18.7. The predicted octanol–water partition coefficient (Wildman–Crippen LogP) is 8.36. The summed E-state index contributed by atoms with van der Waals surface area (Å²) in [4.78, 5) is 0. The molecule has 0 nitrogen and oxygen atoms in total. The van der Waals surface area contributed by atoms with E-state index in [0.29, 0.717) is 0 Å². The SMILES string of the molecule is Cc1ccc(-c2ccc(-c3ccc(Br)cc3)cc2)cc1-c1ccccc1I. The summed E-state index contributed by atoms with van der Waals surface area (Å²) in [7, 11) is 0. The van der Waals surface area contributed by atoms with E-state index >= 15 is 0 Å². The molecule has 27 heavy (non-hydrogen) atoms. The molecule has 0 aliphatic carbocycles. The maximum absolute atomic E-state index is 3.50. The molecule has 4 aromatic rings. The summed E-state index contributed by atoms with van der Waals surface area (Å²) in [6, 6.07) is 32.6. The van der Waals surface area contributed by atoms with Gasteiger partial charge in [-0.15, -0.1) is 0 Å². The van der Waals surface area contributed by atoms with Gasteiger partial charge in [0.15, 0.2) is 0 Å². The van der Waals surface area contributed by atoms with Crippen molar-refractivity contribution in [3.63, 3.8) is 0 Å². The van der Waals surface area contributed by atoms with E-state index in [1.807, 2.05) is 0 Å². The van der Waals surface area contributed by atoms with Crippen molar-refractivity contribution in [1.29, 1.82) is 0 Å². The number of rotatable bonds is 3. The third kappa shape index (κ3) is 4.02. The van der Waals surface area contributed by atoms with Gasteiger partial charge in [-0.05, 0) is 92.7 Å². The molecular weight excluding hydrogens is 507 g/mol. The molecule has 0 aliphatic rings. The van der Waals surface area contributed by atoms with Crippen LogP contribution in [0.5, 0.6) is 0 Å². The van der Waals surface area contributed by atoms with Gasteiger partial charge in [0.25, 0.3) is 0 Å². The van der Waals surface area contributed by atoms with Crippen LogP contribution in [0.2, 0.25) is 0 Å². The highest BCUT2D eigenvalue weighted by Gasteiger charge is 2.08. The average Bonchev–Trinajstić information content (AvgIpc) is 2.70. The molecule has 2 heteroatoms. The van der Waals surface area contributed by atoms with Crippen molar-refractivity contribution in [3.05, 3.63) is 105 Å². The van der Waals surface area contributed by atoms with Gasteiger partial charge in [-0.25, -0.2) is 0 Å². The summed E-state index contributed by atoms with van der Waals surface area (Å²) >= 11 is 5.91. The first-order valence-corrected chi connectivity index (χ1v) is 10.7. The fourth-order valence-electron chi connectivity index (χ4n) is 3.27. The molecule has 0 bridgehead atoms. The standard InChI is InChI=1S/C25H18BrI/c1-17-6-7-21(16-24(17)23-4-2-3-5-25(23)27)20-10-8-18(9-11-20)19-12-14-22(26)15-13-19/h2-16H,1H3. The first-order valence-electron chi connectivity index (χ1n) is 8.84. The lowest BCUT2D eigenvalue weighted by Crippen LogP contribution is -1.88. The molecule has 4 rings (SSSR count). The largest absolute Gasteiger partial charge is 0.0616 e. The van der Waals surface area contributed by atoms with E-state index in [0.717, 1.165) is 4.47 Å². The normalized spacial score (nSPS) is 10.8. The minimum absolute atomic E-state index is 1.10. The Hall–Kier alpha value is -1.91. The van der Waals surface area contributed by atoms with Crippen molar-refractivity contribution >= 4 is 38.5 Å². The second-order valence-electron chi connectivity index (χ2n) is 6.59. The summed E-state index contributed by atoms with van der Waals surface area (Å²) in [5, 5.41) is 0. The van der Waals surface area contributed by atoms with E-state index in [1.165, 1.54) is 42.5 Å². The van der Waals surface area contributed by atoms with Crippen molar-refractivity contribution in [1.82, 2.24) is 0 Å². The topological polar surface area (TPSA) is 0 Å². The molecule has 0 N–H and O–H groups in total. The van der Waals surface area contributed by atoms with Crippen LogP contribution in [0.1, 0.15) is 5.56 Å². The number of aryl methyl sites for hydroxylation is 1. The monoisotopic (exact) mass is 524 g/mol. The minimum Gasteiger partial charge on any atom is -0.0616 e. The van der Waals surface area contributed by atoms with Crippen LogP contribution in [0.25, 0.3) is 33.4 Å². The van der Waals surface area contributed by atoms with Crippen LogP contribution >= 0.6 is 38.5 Å². The van der Waals surface area contributed by atoms with Crippen LogP contribution in [-0.4, -0.2) is 0 Å². The molecule has 0 heterocycles. The summed E-state index contributed by atoms with van der Waals surface area (Å²) in [6.45, 7) is 2.18. The van der Waals surface area contributed by atoms with Crippen molar-refractivity contribution in [2.75, 3.05) is 0 Å². The van der Waals surface area contributed by atoms with Crippen LogP contribution in [0.4, 0.5) is 0 Å². The fraction of sp³-hybridized carbons (Fsp3) is 0.0400. The second-order valence-corrected chi connectivity index (χ2v) is 8.67. The molecule has 0 saturated carbocycles. The van der Waals surface area contributed by atoms with E-state index in [9.17, 15) is 0 Å². The first-order chi connectivity index (χ1) is 13.1. The molecule has 0 aromatic heterocycles. The molecule has 0 unspecified atom stereocenters. The van der Waals surface area contributed by atoms with Gasteiger partial charge < -0.3 is 0 Å². The van der Waals surface area contributed by atoms with Gasteiger partial charge in [0.05, 0.1) is 0 Å². The Kier molecular flexibility index (Phi) is 5.46. The lowest BCUT2D eigenvalue weighted by Gasteiger charge is -2.12. The van der Waals surface area contributed by atoms with Crippen molar-refractivity contribution in [2.24, 2.45) is 0 Å². The maximum atomic E-state index is 3.50. The van der Waals surface area contributed by atoms with Gasteiger partial charge in [0.2, 0.25) is 0 Å². The quantitative estimate of drug-likeness (QED) is 0.236. The average molecular weight is 525 g/mol. The molecule has 0 saturated heterocycles. The van der Waals surface area contributed by atoms with Crippen LogP contribution < -0.4 is 0 Å². The maximum Gasteiger partial charge on any atom is 0.0208 e. The summed E-state index contributed by atoms with van der Waals surface area (Å²) < 4.78 is 2.38. The third-order valence-corrected chi connectivity index (χ3v) is 6.27. The molecule has 0 spiro atoms. The van der Waals surface area contributed by atoms with Gasteiger partial charge >= 0.3 is 0 Å². The highest BCUT2D eigenvalue weighted by molar-refractivity contribution is 14.1. The van der Waals surface area contributed by atoms with Crippen molar-refractivity contribution in [3.8, 4) is 33.4 Å². The molecule has 0 radical (unpaired) electrons. The van der Waals surface area contributed by atoms with Gasteiger partial charge in [-0.2, -0.15) is 0 Å². The zero-order chi connectivity index (χ0) is 18.8. The number of hydrogen-bond acceptors (Lipinski definition) is 0. The number of halogens is 2. The van der Waals surface area contributed by atoms with Gasteiger partial charge in [-0.3, -0.25) is 0 Å². The first kappa shape index (κ1) is 18.5. The smallest absolute Gasteiger partial charge is 0.0208 e. The Morgan fingerprint density at radius 3 is 1.74 bits per heavy atom. The van der Waals surface area contributed by atoms with Gasteiger partial charge in [0, 0.05) is 8.04 Å². The Balaban J connectivity index is 1.71. The molecule has 4 aromatic carbocycles. The summed E-state index contributed by atoms with van der Waals surface area (Å²) in [5.41, 5.74) is 8.85. The molecule has 0 aliphatic heterocycles. The van der Waals surface area contributed by atoms with Crippen molar-refractivity contribution in [2.45, 2.75) is 6.92 Å². The molecule has 0 fully saturated rings. The highest BCUT2D eigenvalue weighted by Crippen LogP contribution is 2.33. The molecule has 0 atom stereocenters. The van der Waals surface area contributed by atoms with E-state index in [4.69, 9.17) is 0 Å². The van der Waals surface area contributed by atoms with E-state index < -0.39 is 0 Å². The summed E-state index contributed by atoms with van der Waals surface area (Å²) in [5.74, 6) is 0. The molecular formula is C25H18BrI. The third-order valence-electron chi connectivity index (χ3n) is 4.80. The lowest BCUT2D eigenvalue weighted by atomic mass is 9.94. The Morgan fingerprint density at radius 1 is 0.593 bits per heavy atom. The highest BCUT2D eigenvalue weighted by atomic mass is 127. The lowest BCUT2D eigenvalue weighted by molar-refractivity contribution is 1.44. The Morgan fingerprint density at radius 2 is 1.11 bits per heavy atom. The van der Waals surface area contributed by atoms with Gasteiger partial charge in [0.1, 0.15) is 0 Å². The Labute approximate surface area is 182 Å². The van der Waals surface area contributed by atoms with Gasteiger partial charge in [-0.1, -0.05) is 82.7 Å². The van der Waals surface area contributed by atoms with Crippen LogP contribution in [-0.2, 0) is 0 Å². The van der Waals surface area contributed by atoms with Crippen LogP contribution in [0, 0.1) is 10.5 Å².